The van der Waals surface area contributed by atoms with Crippen molar-refractivity contribution in [1.82, 2.24) is 0 Å². The van der Waals surface area contributed by atoms with Gasteiger partial charge < -0.3 is 10.5 Å². The van der Waals surface area contributed by atoms with Crippen molar-refractivity contribution in [1.29, 1.82) is 0 Å². The summed E-state index contributed by atoms with van der Waals surface area (Å²) >= 11 is 1.72. The Morgan fingerprint density at radius 3 is 2.85 bits per heavy atom. The lowest BCUT2D eigenvalue weighted by Gasteiger charge is -1.98. The van der Waals surface area contributed by atoms with E-state index in [0.717, 1.165) is 13.0 Å². The molecule has 1 heterocycles. The van der Waals surface area contributed by atoms with E-state index in [4.69, 9.17) is 10.5 Å². The summed E-state index contributed by atoms with van der Waals surface area (Å²) in [5, 5.41) is 0. The molecule has 0 spiro atoms. The molecule has 0 radical (unpaired) electrons. The lowest BCUT2D eigenvalue weighted by Crippen LogP contribution is -1.92. The third-order valence-corrected chi connectivity index (χ3v) is 2.71. The fourth-order valence-corrected chi connectivity index (χ4v) is 1.78. The van der Waals surface area contributed by atoms with Crippen LogP contribution in [0.1, 0.15) is 16.2 Å². The average Bonchev–Trinajstić information content (AvgIpc) is 2.60. The second kappa shape index (κ2) is 5.91. The van der Waals surface area contributed by atoms with Crippen LogP contribution >= 0.6 is 11.3 Å². The maximum Gasteiger partial charge on any atom is 0.0809 e. The van der Waals surface area contributed by atoms with Gasteiger partial charge in [-0.2, -0.15) is 0 Å². The van der Waals surface area contributed by atoms with Gasteiger partial charge in [-0.3, -0.25) is 0 Å². The van der Waals surface area contributed by atoms with Crippen LogP contribution < -0.4 is 5.73 Å². The zero-order valence-electron chi connectivity index (χ0n) is 7.66. The SMILES string of the molecule is C=CCCOCc1ccc(CN)s1. The highest BCUT2D eigenvalue weighted by atomic mass is 32.1. The Kier molecular flexibility index (Phi) is 4.75. The second-order valence-corrected chi connectivity index (χ2v) is 3.95. The Morgan fingerprint density at radius 1 is 1.46 bits per heavy atom. The smallest absolute Gasteiger partial charge is 0.0809 e. The summed E-state index contributed by atoms with van der Waals surface area (Å²) in [7, 11) is 0. The number of hydrogen-bond donors (Lipinski definition) is 1. The Morgan fingerprint density at radius 2 is 2.23 bits per heavy atom. The van der Waals surface area contributed by atoms with Gasteiger partial charge in [0.1, 0.15) is 0 Å². The van der Waals surface area contributed by atoms with E-state index in [0.29, 0.717) is 13.2 Å². The molecule has 13 heavy (non-hydrogen) atoms. The maximum atomic E-state index is 5.50. The molecule has 0 amide bonds. The predicted molar refractivity (Wildman–Crippen MR) is 56.7 cm³/mol. The normalized spacial score (nSPS) is 10.2. The van der Waals surface area contributed by atoms with Crippen LogP contribution in [0.3, 0.4) is 0 Å². The van der Waals surface area contributed by atoms with Crippen LogP contribution in [0.15, 0.2) is 24.8 Å². The van der Waals surface area contributed by atoms with Gasteiger partial charge in [0.25, 0.3) is 0 Å². The quantitative estimate of drug-likeness (QED) is 0.561. The van der Waals surface area contributed by atoms with E-state index < -0.39 is 0 Å². The summed E-state index contributed by atoms with van der Waals surface area (Å²) in [5.41, 5.74) is 5.50. The first-order valence-electron chi connectivity index (χ1n) is 4.33. The number of thiophene rings is 1. The van der Waals surface area contributed by atoms with Crippen molar-refractivity contribution in [2.24, 2.45) is 5.73 Å². The number of hydrogen-bond acceptors (Lipinski definition) is 3. The maximum absolute atomic E-state index is 5.50. The molecular weight excluding hydrogens is 182 g/mol. The van der Waals surface area contributed by atoms with Crippen LogP contribution in [0.4, 0.5) is 0 Å². The van der Waals surface area contributed by atoms with Crippen LogP contribution in [0.5, 0.6) is 0 Å². The van der Waals surface area contributed by atoms with Crippen LogP contribution in [-0.4, -0.2) is 6.61 Å². The first kappa shape index (κ1) is 10.4. The molecule has 2 nitrogen and oxygen atoms in total. The summed E-state index contributed by atoms with van der Waals surface area (Å²) in [6.07, 6.45) is 2.77. The van der Waals surface area contributed by atoms with Gasteiger partial charge in [-0.15, -0.1) is 17.9 Å². The third kappa shape index (κ3) is 3.72. The van der Waals surface area contributed by atoms with Gasteiger partial charge in [0.15, 0.2) is 0 Å². The summed E-state index contributed by atoms with van der Waals surface area (Å²) in [5.74, 6) is 0. The van der Waals surface area contributed by atoms with E-state index in [1.165, 1.54) is 9.75 Å². The summed E-state index contributed by atoms with van der Waals surface area (Å²) < 4.78 is 5.42. The fraction of sp³-hybridized carbons (Fsp3) is 0.400. The molecule has 1 aromatic rings. The minimum absolute atomic E-state index is 0.622. The van der Waals surface area contributed by atoms with Crippen molar-refractivity contribution < 1.29 is 4.74 Å². The molecule has 0 unspecified atom stereocenters. The van der Waals surface area contributed by atoms with Crippen molar-refractivity contribution in [3.63, 3.8) is 0 Å². The van der Waals surface area contributed by atoms with E-state index in [-0.39, 0.29) is 0 Å². The standard InChI is InChI=1S/C10H15NOS/c1-2-3-6-12-8-10-5-4-9(7-11)13-10/h2,4-5H,1,3,6-8,11H2. The van der Waals surface area contributed by atoms with Crippen molar-refractivity contribution in [3.8, 4) is 0 Å². The number of ether oxygens (including phenoxy) is 1. The van der Waals surface area contributed by atoms with E-state index in [1.54, 1.807) is 11.3 Å². The average molecular weight is 197 g/mol. The molecule has 72 valence electrons. The topological polar surface area (TPSA) is 35.2 Å². The van der Waals surface area contributed by atoms with Crippen molar-refractivity contribution >= 4 is 11.3 Å². The van der Waals surface area contributed by atoms with E-state index in [2.05, 4.69) is 18.7 Å². The van der Waals surface area contributed by atoms with Crippen molar-refractivity contribution in [2.75, 3.05) is 6.61 Å². The summed E-state index contributed by atoms with van der Waals surface area (Å²) in [4.78, 5) is 2.45. The lowest BCUT2D eigenvalue weighted by molar-refractivity contribution is 0.127. The van der Waals surface area contributed by atoms with Gasteiger partial charge in [0.2, 0.25) is 0 Å². The fourth-order valence-electron chi connectivity index (χ4n) is 0.949. The van der Waals surface area contributed by atoms with E-state index in [9.17, 15) is 0 Å². The third-order valence-electron chi connectivity index (χ3n) is 1.63. The Bertz CT molecular complexity index is 257. The molecule has 0 fully saturated rings. The molecule has 0 aliphatic rings. The van der Waals surface area contributed by atoms with Gasteiger partial charge in [-0.1, -0.05) is 6.08 Å². The zero-order chi connectivity index (χ0) is 9.52. The van der Waals surface area contributed by atoms with Crippen LogP contribution in [0, 0.1) is 0 Å². The first-order valence-corrected chi connectivity index (χ1v) is 5.14. The second-order valence-electron chi connectivity index (χ2n) is 2.70. The minimum atomic E-state index is 0.622. The Hall–Kier alpha value is -0.640. The highest BCUT2D eigenvalue weighted by Gasteiger charge is 1.97. The first-order chi connectivity index (χ1) is 6.36. The highest BCUT2D eigenvalue weighted by molar-refractivity contribution is 7.11. The molecule has 1 rings (SSSR count). The zero-order valence-corrected chi connectivity index (χ0v) is 8.48. The van der Waals surface area contributed by atoms with Gasteiger partial charge >= 0.3 is 0 Å². The summed E-state index contributed by atoms with van der Waals surface area (Å²) in [6.45, 7) is 5.69. The molecule has 1 aromatic heterocycles. The molecule has 2 N–H and O–H groups in total. The van der Waals surface area contributed by atoms with Crippen molar-refractivity contribution in [3.05, 3.63) is 34.5 Å². The highest BCUT2D eigenvalue weighted by Crippen LogP contribution is 2.16. The van der Waals surface area contributed by atoms with Gasteiger partial charge in [-0.25, -0.2) is 0 Å². The van der Waals surface area contributed by atoms with E-state index in [1.807, 2.05) is 6.08 Å². The minimum Gasteiger partial charge on any atom is -0.376 e. The van der Waals surface area contributed by atoms with Crippen LogP contribution in [0.2, 0.25) is 0 Å². The molecular formula is C10H15NOS. The van der Waals surface area contributed by atoms with E-state index >= 15 is 0 Å². The monoisotopic (exact) mass is 197 g/mol. The predicted octanol–water partition coefficient (Wildman–Crippen LogP) is 2.30. The molecule has 0 saturated carbocycles. The largest absolute Gasteiger partial charge is 0.376 e. The number of nitrogens with two attached hydrogens (primary N) is 1. The van der Waals surface area contributed by atoms with Crippen molar-refractivity contribution in [2.45, 2.75) is 19.6 Å². The molecule has 0 saturated heterocycles. The molecule has 0 atom stereocenters. The molecule has 3 heteroatoms. The molecule has 0 aliphatic heterocycles. The van der Waals surface area contributed by atoms with Gasteiger partial charge in [0.05, 0.1) is 13.2 Å². The Balaban J connectivity index is 2.24. The van der Waals surface area contributed by atoms with Crippen LogP contribution in [-0.2, 0) is 17.9 Å². The lowest BCUT2D eigenvalue weighted by atomic mass is 10.4. The van der Waals surface area contributed by atoms with Gasteiger partial charge in [0, 0.05) is 16.3 Å². The van der Waals surface area contributed by atoms with Crippen LogP contribution in [0.25, 0.3) is 0 Å². The molecule has 0 aromatic carbocycles. The van der Waals surface area contributed by atoms with Gasteiger partial charge in [-0.05, 0) is 18.6 Å². The molecule has 0 bridgehead atoms. The number of rotatable bonds is 6. The summed E-state index contributed by atoms with van der Waals surface area (Å²) in [6, 6.07) is 4.12. The molecule has 0 aliphatic carbocycles. The Labute approximate surface area is 83.0 Å².